The Kier molecular flexibility index (Phi) is 3.61. The van der Waals surface area contributed by atoms with Crippen molar-refractivity contribution in [2.24, 2.45) is 5.73 Å². The van der Waals surface area contributed by atoms with Crippen molar-refractivity contribution in [3.8, 4) is 0 Å². The summed E-state index contributed by atoms with van der Waals surface area (Å²) in [6.45, 7) is 1.15. The Labute approximate surface area is 100 Å². The molecule has 2 rings (SSSR count). The smallest absolute Gasteiger partial charge is 0.240 e. The zero-order valence-electron chi connectivity index (χ0n) is 9.60. The van der Waals surface area contributed by atoms with E-state index in [-0.39, 0.29) is 5.91 Å². The van der Waals surface area contributed by atoms with Gasteiger partial charge in [0.2, 0.25) is 5.91 Å². The van der Waals surface area contributed by atoms with E-state index in [4.69, 9.17) is 5.73 Å². The maximum Gasteiger partial charge on any atom is 0.240 e. The van der Waals surface area contributed by atoms with Crippen LogP contribution >= 0.6 is 0 Å². The third-order valence-corrected chi connectivity index (χ3v) is 2.85. The van der Waals surface area contributed by atoms with Gasteiger partial charge < -0.3 is 10.8 Å². The van der Waals surface area contributed by atoms with Crippen LogP contribution in [-0.4, -0.2) is 24.1 Å². The zero-order valence-corrected chi connectivity index (χ0v) is 9.60. The highest BCUT2D eigenvalue weighted by molar-refractivity contribution is 5.81. The van der Waals surface area contributed by atoms with Gasteiger partial charge in [0, 0.05) is 13.0 Å². The summed E-state index contributed by atoms with van der Waals surface area (Å²) >= 11 is 0. The quantitative estimate of drug-likeness (QED) is 0.702. The average Bonchev–Trinajstić information content (AvgIpc) is 2.76. The standard InChI is InChI=1S/C12H17N3O2/c13-7-5-11(16)9-1-3-10(4-2-9)15-8-6-12(17)14-15/h1-4,11,16H,5-8,13H2,(H,14,17). The lowest BCUT2D eigenvalue weighted by Gasteiger charge is -2.18. The molecule has 1 atom stereocenters. The van der Waals surface area contributed by atoms with Gasteiger partial charge in [-0.25, -0.2) is 0 Å². The number of hydrogen-bond donors (Lipinski definition) is 3. The number of carbonyl (C=O) groups excluding carboxylic acids is 1. The fourth-order valence-electron chi connectivity index (χ4n) is 1.87. The number of hydrogen-bond acceptors (Lipinski definition) is 4. The van der Waals surface area contributed by atoms with Crippen LogP contribution in [0.5, 0.6) is 0 Å². The van der Waals surface area contributed by atoms with Crippen molar-refractivity contribution in [3.05, 3.63) is 29.8 Å². The van der Waals surface area contributed by atoms with E-state index in [1.54, 1.807) is 5.01 Å². The Morgan fingerprint density at radius 2 is 2.12 bits per heavy atom. The van der Waals surface area contributed by atoms with Crippen molar-refractivity contribution in [1.29, 1.82) is 0 Å². The van der Waals surface area contributed by atoms with Crippen molar-refractivity contribution < 1.29 is 9.90 Å². The van der Waals surface area contributed by atoms with Crippen LogP contribution < -0.4 is 16.2 Å². The molecule has 5 heteroatoms. The van der Waals surface area contributed by atoms with Crippen LogP contribution in [0.4, 0.5) is 5.69 Å². The summed E-state index contributed by atoms with van der Waals surface area (Å²) in [4.78, 5) is 11.1. The van der Waals surface area contributed by atoms with E-state index in [1.807, 2.05) is 24.3 Å². The third-order valence-electron chi connectivity index (χ3n) is 2.85. The number of aliphatic hydroxyl groups excluding tert-OH is 1. The first-order valence-electron chi connectivity index (χ1n) is 5.76. The van der Waals surface area contributed by atoms with Gasteiger partial charge in [0.05, 0.1) is 11.8 Å². The summed E-state index contributed by atoms with van der Waals surface area (Å²) < 4.78 is 0. The second-order valence-electron chi connectivity index (χ2n) is 4.12. The van der Waals surface area contributed by atoms with Crippen molar-refractivity contribution in [2.45, 2.75) is 18.9 Å². The molecular formula is C12H17N3O2. The summed E-state index contributed by atoms with van der Waals surface area (Å²) in [5.41, 5.74) is 9.93. The molecule has 1 aromatic carbocycles. The molecule has 1 aliphatic heterocycles. The van der Waals surface area contributed by atoms with E-state index >= 15 is 0 Å². The van der Waals surface area contributed by atoms with E-state index < -0.39 is 6.10 Å². The van der Waals surface area contributed by atoms with Crippen LogP contribution in [-0.2, 0) is 4.79 Å². The number of nitrogens with one attached hydrogen (secondary N) is 1. The first-order valence-corrected chi connectivity index (χ1v) is 5.76. The number of amides is 1. The van der Waals surface area contributed by atoms with Gasteiger partial charge in [0.25, 0.3) is 0 Å². The van der Waals surface area contributed by atoms with Crippen molar-refractivity contribution in [3.63, 3.8) is 0 Å². The number of carbonyl (C=O) groups is 1. The molecule has 0 saturated carbocycles. The number of aliphatic hydroxyl groups is 1. The molecule has 1 aromatic rings. The van der Waals surface area contributed by atoms with E-state index in [0.29, 0.717) is 25.9 Å². The maximum atomic E-state index is 11.1. The number of rotatable bonds is 4. The summed E-state index contributed by atoms with van der Waals surface area (Å²) in [5.74, 6) is 0.0391. The minimum Gasteiger partial charge on any atom is -0.388 e. The van der Waals surface area contributed by atoms with Crippen LogP contribution in [0.3, 0.4) is 0 Å². The fourth-order valence-corrected chi connectivity index (χ4v) is 1.87. The summed E-state index contributed by atoms with van der Waals surface area (Å²) in [5, 5.41) is 11.6. The number of benzene rings is 1. The van der Waals surface area contributed by atoms with Crippen LogP contribution in [0.25, 0.3) is 0 Å². The molecular weight excluding hydrogens is 218 g/mol. The van der Waals surface area contributed by atoms with Crippen LogP contribution in [0.2, 0.25) is 0 Å². The van der Waals surface area contributed by atoms with Crippen LogP contribution in [0.15, 0.2) is 24.3 Å². The van der Waals surface area contributed by atoms with Gasteiger partial charge >= 0.3 is 0 Å². The van der Waals surface area contributed by atoms with Gasteiger partial charge in [-0.15, -0.1) is 0 Å². The number of nitrogens with zero attached hydrogens (tertiary/aromatic N) is 1. The normalized spacial score (nSPS) is 17.1. The van der Waals surface area contributed by atoms with Crippen molar-refractivity contribution in [2.75, 3.05) is 18.1 Å². The number of hydrazine groups is 1. The van der Waals surface area contributed by atoms with E-state index in [0.717, 1.165) is 11.3 Å². The number of anilines is 1. The lowest BCUT2D eigenvalue weighted by atomic mass is 10.1. The summed E-state index contributed by atoms with van der Waals surface area (Å²) in [6.07, 6.45) is 0.569. The van der Waals surface area contributed by atoms with Gasteiger partial charge in [-0.3, -0.25) is 15.2 Å². The molecule has 0 bridgehead atoms. The molecule has 4 N–H and O–H groups in total. The molecule has 1 fully saturated rings. The van der Waals surface area contributed by atoms with Crippen LogP contribution in [0, 0.1) is 0 Å². The topological polar surface area (TPSA) is 78.6 Å². The molecule has 0 radical (unpaired) electrons. The Hall–Kier alpha value is -1.59. The Bertz CT molecular complexity index is 391. The molecule has 5 nitrogen and oxygen atoms in total. The van der Waals surface area contributed by atoms with E-state index in [1.165, 1.54) is 0 Å². The Morgan fingerprint density at radius 3 is 2.65 bits per heavy atom. The Morgan fingerprint density at radius 1 is 1.41 bits per heavy atom. The van der Waals surface area contributed by atoms with Crippen molar-refractivity contribution in [1.82, 2.24) is 5.43 Å². The zero-order chi connectivity index (χ0) is 12.3. The highest BCUT2D eigenvalue weighted by atomic mass is 16.3. The predicted octanol–water partition coefficient (Wildman–Crippen LogP) is 0.310. The van der Waals surface area contributed by atoms with Gasteiger partial charge in [0.15, 0.2) is 0 Å². The molecule has 1 unspecified atom stereocenters. The fraction of sp³-hybridized carbons (Fsp3) is 0.417. The lowest BCUT2D eigenvalue weighted by Crippen LogP contribution is -2.32. The minimum atomic E-state index is -0.512. The third kappa shape index (κ3) is 2.75. The Balaban J connectivity index is 2.05. The van der Waals surface area contributed by atoms with Crippen LogP contribution in [0.1, 0.15) is 24.5 Å². The molecule has 1 amide bonds. The number of nitrogens with two attached hydrogens (primary N) is 1. The SMILES string of the molecule is NCCC(O)c1ccc(N2CCC(=O)N2)cc1. The second-order valence-corrected chi connectivity index (χ2v) is 4.12. The van der Waals surface area contributed by atoms with Gasteiger partial charge in [-0.1, -0.05) is 12.1 Å². The monoisotopic (exact) mass is 235 g/mol. The first-order chi connectivity index (χ1) is 8.20. The minimum absolute atomic E-state index is 0.0391. The second kappa shape index (κ2) is 5.16. The highest BCUT2D eigenvalue weighted by Gasteiger charge is 2.18. The van der Waals surface area contributed by atoms with Crippen molar-refractivity contribution >= 4 is 11.6 Å². The largest absolute Gasteiger partial charge is 0.388 e. The van der Waals surface area contributed by atoms with Gasteiger partial charge in [0.1, 0.15) is 0 Å². The first kappa shape index (κ1) is 11.9. The molecule has 0 spiro atoms. The summed E-state index contributed by atoms with van der Waals surface area (Å²) in [6, 6.07) is 7.50. The molecule has 92 valence electrons. The van der Waals surface area contributed by atoms with Gasteiger partial charge in [-0.05, 0) is 30.7 Å². The lowest BCUT2D eigenvalue weighted by molar-refractivity contribution is -0.119. The molecule has 1 aliphatic rings. The van der Waals surface area contributed by atoms with E-state index in [9.17, 15) is 9.90 Å². The van der Waals surface area contributed by atoms with Gasteiger partial charge in [-0.2, -0.15) is 0 Å². The van der Waals surface area contributed by atoms with E-state index in [2.05, 4.69) is 5.43 Å². The molecule has 17 heavy (non-hydrogen) atoms. The maximum absolute atomic E-state index is 11.1. The summed E-state index contributed by atoms with van der Waals surface area (Å²) in [7, 11) is 0. The highest BCUT2D eigenvalue weighted by Crippen LogP contribution is 2.21. The molecule has 1 saturated heterocycles. The molecule has 1 heterocycles. The average molecular weight is 235 g/mol. The molecule has 0 aliphatic carbocycles. The molecule has 0 aromatic heterocycles. The predicted molar refractivity (Wildman–Crippen MR) is 65.2 cm³/mol.